The van der Waals surface area contributed by atoms with Crippen LogP contribution in [0, 0.1) is 12.8 Å². The Hall–Kier alpha value is -4.32. The highest BCUT2D eigenvalue weighted by Gasteiger charge is 2.33. The molecule has 204 valence electrons. The number of unbranched alkanes of at least 4 members (excludes halogenated alkanes) is 1. The number of aryl methyl sites for hydroxylation is 1. The molecular weight excluding hydrogens is 520 g/mol. The molecule has 1 unspecified atom stereocenters. The molecule has 0 aliphatic carbocycles. The fourth-order valence-electron chi connectivity index (χ4n) is 4.06. The number of hydrogen-bond donors (Lipinski definition) is 3. The predicted molar refractivity (Wildman–Crippen MR) is 147 cm³/mol. The molecule has 3 N–H and O–H groups in total. The minimum Gasteiger partial charge on any atom is -0.342 e. The van der Waals surface area contributed by atoms with E-state index in [0.29, 0.717) is 35.7 Å². The van der Waals surface area contributed by atoms with Crippen molar-refractivity contribution in [1.82, 2.24) is 14.9 Å². The number of likely N-dealkylation sites (tertiary alicyclic amines) is 1. The molecule has 1 aromatic heterocycles. The number of carbonyl (C=O) groups is 3. The summed E-state index contributed by atoms with van der Waals surface area (Å²) in [6.07, 6.45) is 3.55. The van der Waals surface area contributed by atoms with Crippen LogP contribution < -0.4 is 15.4 Å². The molecule has 2 aromatic carbocycles. The number of rotatable bonds is 10. The zero-order chi connectivity index (χ0) is 28.0. The van der Waals surface area contributed by atoms with Crippen molar-refractivity contribution in [3.63, 3.8) is 0 Å². The summed E-state index contributed by atoms with van der Waals surface area (Å²) in [5.74, 6) is -1.06. The number of aromatic nitrogens is 2. The van der Waals surface area contributed by atoms with Crippen LogP contribution in [0.4, 0.5) is 17.3 Å². The van der Waals surface area contributed by atoms with Gasteiger partial charge in [-0.1, -0.05) is 13.3 Å². The lowest BCUT2D eigenvalue weighted by molar-refractivity contribution is -0.128. The van der Waals surface area contributed by atoms with Crippen LogP contribution in [0.15, 0.2) is 65.7 Å². The number of anilines is 3. The van der Waals surface area contributed by atoms with Crippen LogP contribution in [-0.2, 0) is 19.6 Å². The number of sulfonamides is 1. The molecule has 0 bridgehead atoms. The van der Waals surface area contributed by atoms with E-state index in [1.807, 2.05) is 0 Å². The Balaban J connectivity index is 1.32. The highest BCUT2D eigenvalue weighted by atomic mass is 32.2. The average Bonchev–Trinajstić information content (AvgIpc) is 3.28. The highest BCUT2D eigenvalue weighted by Crippen LogP contribution is 2.21. The third-order valence-corrected chi connectivity index (χ3v) is 7.57. The molecule has 2 heterocycles. The van der Waals surface area contributed by atoms with Gasteiger partial charge in [-0.2, -0.15) is 0 Å². The molecule has 4 rings (SSSR count). The highest BCUT2D eigenvalue weighted by molar-refractivity contribution is 7.92. The van der Waals surface area contributed by atoms with Gasteiger partial charge in [0, 0.05) is 48.3 Å². The molecule has 1 aliphatic rings. The van der Waals surface area contributed by atoms with Crippen molar-refractivity contribution in [2.45, 2.75) is 38.0 Å². The number of amides is 3. The molecule has 39 heavy (non-hydrogen) atoms. The first-order valence-corrected chi connectivity index (χ1v) is 14.1. The van der Waals surface area contributed by atoms with Gasteiger partial charge < -0.3 is 15.5 Å². The lowest BCUT2D eigenvalue weighted by Gasteiger charge is -2.16. The second-order valence-electron chi connectivity index (χ2n) is 9.27. The van der Waals surface area contributed by atoms with Crippen molar-refractivity contribution in [1.29, 1.82) is 0 Å². The summed E-state index contributed by atoms with van der Waals surface area (Å²) >= 11 is 0. The van der Waals surface area contributed by atoms with Crippen LogP contribution in [0.2, 0.25) is 0 Å². The standard InChI is InChI=1S/C27H30N6O5S/c1-3-4-15-33-17-20(16-24(33)34)26(36)31-21-7-5-19(6-8-21)25(35)30-22-9-11-23(12-10-22)39(37,38)32-27-28-14-13-18(2)29-27/h5-14,20H,3-4,15-17H2,1-2H3,(H,30,35)(H,31,36)(H,28,29,32). The van der Waals surface area contributed by atoms with Crippen LogP contribution in [0.5, 0.6) is 0 Å². The maximum Gasteiger partial charge on any atom is 0.264 e. The minimum absolute atomic E-state index is 0.00203. The van der Waals surface area contributed by atoms with Crippen molar-refractivity contribution in [2.75, 3.05) is 28.4 Å². The summed E-state index contributed by atoms with van der Waals surface area (Å²) in [6, 6.07) is 13.7. The summed E-state index contributed by atoms with van der Waals surface area (Å²) in [6.45, 7) is 4.86. The van der Waals surface area contributed by atoms with E-state index in [4.69, 9.17) is 0 Å². The second-order valence-corrected chi connectivity index (χ2v) is 10.9. The third kappa shape index (κ3) is 7.17. The normalized spacial score (nSPS) is 15.2. The van der Waals surface area contributed by atoms with E-state index in [9.17, 15) is 22.8 Å². The molecule has 3 amide bonds. The van der Waals surface area contributed by atoms with Gasteiger partial charge >= 0.3 is 0 Å². The number of benzene rings is 2. The Morgan fingerprint density at radius 3 is 2.33 bits per heavy atom. The maximum atomic E-state index is 12.7. The average molecular weight is 551 g/mol. The fraction of sp³-hybridized carbons (Fsp3) is 0.296. The molecule has 0 saturated carbocycles. The zero-order valence-electron chi connectivity index (χ0n) is 21.7. The Labute approximate surface area is 227 Å². The van der Waals surface area contributed by atoms with Crippen molar-refractivity contribution in [3.05, 3.63) is 72.1 Å². The van der Waals surface area contributed by atoms with E-state index >= 15 is 0 Å². The third-order valence-electron chi connectivity index (χ3n) is 6.22. The van der Waals surface area contributed by atoms with E-state index in [-0.39, 0.29) is 29.1 Å². The Kier molecular flexibility index (Phi) is 8.55. The zero-order valence-corrected chi connectivity index (χ0v) is 22.5. The molecule has 3 aromatic rings. The quantitative estimate of drug-likeness (QED) is 0.350. The summed E-state index contributed by atoms with van der Waals surface area (Å²) < 4.78 is 27.5. The first kappa shape index (κ1) is 27.7. The van der Waals surface area contributed by atoms with Crippen LogP contribution in [0.25, 0.3) is 0 Å². The molecule has 12 heteroatoms. The van der Waals surface area contributed by atoms with Gasteiger partial charge in [-0.25, -0.2) is 23.1 Å². The van der Waals surface area contributed by atoms with Gasteiger partial charge in [0.2, 0.25) is 17.8 Å². The predicted octanol–water partition coefficient (Wildman–Crippen LogP) is 3.43. The van der Waals surface area contributed by atoms with Gasteiger partial charge in [0.05, 0.1) is 10.8 Å². The largest absolute Gasteiger partial charge is 0.342 e. The van der Waals surface area contributed by atoms with Gasteiger partial charge in [-0.15, -0.1) is 0 Å². The Morgan fingerprint density at radius 2 is 1.67 bits per heavy atom. The number of hydrogen-bond acceptors (Lipinski definition) is 7. The van der Waals surface area contributed by atoms with Crippen molar-refractivity contribution in [2.24, 2.45) is 5.92 Å². The van der Waals surface area contributed by atoms with Crippen molar-refractivity contribution >= 4 is 45.1 Å². The first-order chi connectivity index (χ1) is 18.6. The number of nitrogens with one attached hydrogen (secondary N) is 3. The summed E-state index contributed by atoms with van der Waals surface area (Å²) in [7, 11) is -3.90. The van der Waals surface area contributed by atoms with Crippen molar-refractivity contribution in [3.8, 4) is 0 Å². The van der Waals surface area contributed by atoms with Gasteiger partial charge in [0.1, 0.15) is 0 Å². The van der Waals surface area contributed by atoms with E-state index in [1.165, 1.54) is 30.5 Å². The molecule has 1 saturated heterocycles. The maximum absolute atomic E-state index is 12.7. The van der Waals surface area contributed by atoms with E-state index in [0.717, 1.165) is 12.8 Å². The van der Waals surface area contributed by atoms with Crippen molar-refractivity contribution < 1.29 is 22.8 Å². The molecular formula is C27H30N6O5S. The Morgan fingerprint density at radius 1 is 1.00 bits per heavy atom. The monoisotopic (exact) mass is 550 g/mol. The van der Waals surface area contributed by atoms with Crippen LogP contribution in [-0.4, -0.2) is 54.1 Å². The van der Waals surface area contributed by atoms with Gasteiger partial charge in [-0.3, -0.25) is 14.4 Å². The SMILES string of the molecule is CCCCN1CC(C(=O)Nc2ccc(C(=O)Nc3ccc(S(=O)(=O)Nc4nccc(C)n4)cc3)cc2)CC1=O. The van der Waals surface area contributed by atoms with Crippen LogP contribution >= 0.6 is 0 Å². The summed E-state index contributed by atoms with van der Waals surface area (Å²) in [4.78, 5) is 47.1. The molecule has 11 nitrogen and oxygen atoms in total. The lowest BCUT2D eigenvalue weighted by atomic mass is 10.1. The van der Waals surface area contributed by atoms with E-state index in [1.54, 1.807) is 42.2 Å². The van der Waals surface area contributed by atoms with Gasteiger partial charge in [-0.05, 0) is 67.9 Å². The number of nitrogens with zero attached hydrogens (tertiary/aromatic N) is 3. The smallest absolute Gasteiger partial charge is 0.264 e. The molecule has 1 atom stereocenters. The van der Waals surface area contributed by atoms with Crippen LogP contribution in [0.1, 0.15) is 42.2 Å². The topological polar surface area (TPSA) is 150 Å². The second kappa shape index (κ2) is 12.0. The molecule has 1 aliphatic heterocycles. The van der Waals surface area contributed by atoms with Gasteiger partial charge in [0.15, 0.2) is 0 Å². The lowest BCUT2D eigenvalue weighted by Crippen LogP contribution is -2.29. The van der Waals surface area contributed by atoms with Crippen LogP contribution in [0.3, 0.4) is 0 Å². The fourth-order valence-corrected chi connectivity index (χ4v) is 5.01. The molecule has 0 spiro atoms. The first-order valence-electron chi connectivity index (χ1n) is 12.6. The summed E-state index contributed by atoms with van der Waals surface area (Å²) in [5.41, 5.74) is 1.90. The summed E-state index contributed by atoms with van der Waals surface area (Å²) in [5, 5.41) is 5.53. The minimum atomic E-state index is -3.90. The number of carbonyl (C=O) groups excluding carboxylic acids is 3. The van der Waals surface area contributed by atoms with Gasteiger partial charge in [0.25, 0.3) is 15.9 Å². The van der Waals surface area contributed by atoms with E-state index < -0.39 is 21.8 Å². The van der Waals surface area contributed by atoms with E-state index in [2.05, 4.69) is 32.2 Å². The Bertz CT molecular complexity index is 1460. The molecule has 1 fully saturated rings. The molecule has 0 radical (unpaired) electrons.